The smallest absolute Gasteiger partial charge is 0.122 e. The summed E-state index contributed by atoms with van der Waals surface area (Å²) in [6, 6.07) is 8.43. The zero-order chi connectivity index (χ0) is 9.54. The number of nitrogens with zero attached hydrogens (tertiary/aromatic N) is 2. The Morgan fingerprint density at radius 3 is 3.14 bits per heavy atom. The van der Waals surface area contributed by atoms with Gasteiger partial charge in [0.2, 0.25) is 0 Å². The van der Waals surface area contributed by atoms with Crippen LogP contribution in [0.5, 0.6) is 0 Å². The Morgan fingerprint density at radius 1 is 1.36 bits per heavy atom. The third-order valence-electron chi connectivity index (χ3n) is 2.95. The average Bonchev–Trinajstić information content (AvgIpc) is 2.57. The van der Waals surface area contributed by atoms with E-state index in [0.29, 0.717) is 0 Å². The molecule has 2 aliphatic heterocycles. The number of hydrogen-bond donors (Lipinski definition) is 1. The highest BCUT2D eigenvalue weighted by molar-refractivity contribution is 5.92. The van der Waals surface area contributed by atoms with Gasteiger partial charge in [0, 0.05) is 13.1 Å². The van der Waals surface area contributed by atoms with Crippen molar-refractivity contribution in [1.82, 2.24) is 4.90 Å². The first kappa shape index (κ1) is 8.00. The van der Waals surface area contributed by atoms with E-state index < -0.39 is 0 Å². The predicted octanol–water partition coefficient (Wildman–Crippen LogP) is 1.26. The van der Waals surface area contributed by atoms with Crippen LogP contribution in [0.3, 0.4) is 0 Å². The normalized spacial score (nSPS) is 24.2. The van der Waals surface area contributed by atoms with Gasteiger partial charge in [0.1, 0.15) is 5.84 Å². The Morgan fingerprint density at radius 2 is 2.21 bits per heavy atom. The monoisotopic (exact) mass is 187 g/mol. The van der Waals surface area contributed by atoms with Crippen molar-refractivity contribution in [3.63, 3.8) is 0 Å². The maximum absolute atomic E-state index is 5.97. The topological polar surface area (TPSA) is 41.6 Å². The van der Waals surface area contributed by atoms with Crippen molar-refractivity contribution in [2.75, 3.05) is 6.54 Å². The lowest BCUT2D eigenvalue weighted by molar-refractivity contribution is 0.443. The first-order valence-electron chi connectivity index (χ1n) is 5.01. The fourth-order valence-electron chi connectivity index (χ4n) is 2.17. The van der Waals surface area contributed by atoms with Crippen LogP contribution in [-0.2, 0) is 6.54 Å². The van der Waals surface area contributed by atoms with Gasteiger partial charge in [0.15, 0.2) is 0 Å². The molecule has 0 radical (unpaired) electrons. The highest BCUT2D eigenvalue weighted by Crippen LogP contribution is 2.29. The highest BCUT2D eigenvalue weighted by Gasteiger charge is 2.29. The zero-order valence-electron chi connectivity index (χ0n) is 7.98. The molecule has 2 N–H and O–H groups in total. The first-order chi connectivity index (χ1) is 6.84. The summed E-state index contributed by atoms with van der Waals surface area (Å²) in [6.07, 6.45) is 1.03. The van der Waals surface area contributed by atoms with Gasteiger partial charge in [-0.25, -0.2) is 4.99 Å². The molecule has 14 heavy (non-hydrogen) atoms. The summed E-state index contributed by atoms with van der Waals surface area (Å²) >= 11 is 0. The molecule has 2 aliphatic rings. The molecule has 0 spiro atoms. The molecule has 3 rings (SSSR count). The Kier molecular flexibility index (Phi) is 1.61. The summed E-state index contributed by atoms with van der Waals surface area (Å²) in [6.45, 7) is 2.02. The van der Waals surface area contributed by atoms with Gasteiger partial charge in [-0.3, -0.25) is 0 Å². The molecule has 1 aromatic carbocycles. The number of nitrogens with two attached hydrogens (primary N) is 1. The Labute approximate surface area is 83.2 Å². The Bertz CT molecular complexity index is 397. The van der Waals surface area contributed by atoms with Crippen LogP contribution in [0.25, 0.3) is 0 Å². The van der Waals surface area contributed by atoms with E-state index in [0.717, 1.165) is 31.0 Å². The van der Waals surface area contributed by atoms with Gasteiger partial charge < -0.3 is 10.6 Å². The molecular formula is C11H13N3. The summed E-state index contributed by atoms with van der Waals surface area (Å²) in [5.41, 5.74) is 8.38. The van der Waals surface area contributed by atoms with Gasteiger partial charge in [-0.15, -0.1) is 0 Å². The van der Waals surface area contributed by atoms with Crippen molar-refractivity contribution in [3.8, 4) is 0 Å². The van der Waals surface area contributed by atoms with E-state index in [1.807, 2.05) is 6.07 Å². The number of fused-ring (bicyclic) bond motifs is 2. The predicted molar refractivity (Wildman–Crippen MR) is 56.5 cm³/mol. The van der Waals surface area contributed by atoms with Crippen molar-refractivity contribution < 1.29 is 0 Å². The van der Waals surface area contributed by atoms with Gasteiger partial charge in [-0.05, 0) is 18.1 Å². The van der Waals surface area contributed by atoms with Crippen molar-refractivity contribution in [3.05, 3.63) is 29.8 Å². The zero-order valence-corrected chi connectivity index (χ0v) is 7.98. The van der Waals surface area contributed by atoms with E-state index in [1.165, 1.54) is 5.56 Å². The van der Waals surface area contributed by atoms with Crippen molar-refractivity contribution in [2.45, 2.75) is 19.0 Å². The number of hydrogen-bond acceptors (Lipinski definition) is 3. The second-order valence-electron chi connectivity index (χ2n) is 3.92. The summed E-state index contributed by atoms with van der Waals surface area (Å²) in [5.74, 6) is 1.07. The van der Waals surface area contributed by atoms with Crippen LogP contribution in [0.15, 0.2) is 29.3 Å². The molecule has 1 atom stereocenters. The number of aliphatic imine (C=N–C) groups is 1. The minimum Gasteiger partial charge on any atom is -0.354 e. The maximum atomic E-state index is 5.97. The second kappa shape index (κ2) is 2.82. The molecule has 0 aromatic heterocycles. The van der Waals surface area contributed by atoms with Gasteiger partial charge in [0.05, 0.1) is 11.7 Å². The van der Waals surface area contributed by atoms with E-state index in [-0.39, 0.29) is 6.04 Å². The molecule has 72 valence electrons. The van der Waals surface area contributed by atoms with Crippen LogP contribution in [0.4, 0.5) is 5.69 Å². The van der Waals surface area contributed by atoms with E-state index in [2.05, 4.69) is 28.1 Å². The molecule has 3 nitrogen and oxygen atoms in total. The summed E-state index contributed by atoms with van der Waals surface area (Å²) in [4.78, 5) is 6.89. The lowest BCUT2D eigenvalue weighted by atomic mass is 10.1. The van der Waals surface area contributed by atoms with Crippen LogP contribution in [0, 0.1) is 0 Å². The van der Waals surface area contributed by atoms with Crippen molar-refractivity contribution in [1.29, 1.82) is 0 Å². The molecule has 1 aromatic rings. The van der Waals surface area contributed by atoms with Crippen molar-refractivity contribution in [2.24, 2.45) is 10.7 Å². The largest absolute Gasteiger partial charge is 0.354 e. The van der Waals surface area contributed by atoms with Gasteiger partial charge in [-0.1, -0.05) is 18.2 Å². The molecular weight excluding hydrogens is 174 g/mol. The van der Waals surface area contributed by atoms with E-state index in [1.54, 1.807) is 0 Å². The first-order valence-corrected chi connectivity index (χ1v) is 5.01. The molecule has 0 bridgehead atoms. The minimum atomic E-state index is 0.142. The lowest BCUT2D eigenvalue weighted by Gasteiger charge is -2.25. The highest BCUT2D eigenvalue weighted by atomic mass is 15.2. The van der Waals surface area contributed by atoms with E-state index in [4.69, 9.17) is 5.73 Å². The van der Waals surface area contributed by atoms with Crippen LogP contribution in [-0.4, -0.2) is 23.3 Å². The van der Waals surface area contributed by atoms with E-state index >= 15 is 0 Å². The van der Waals surface area contributed by atoms with E-state index in [9.17, 15) is 0 Å². The summed E-state index contributed by atoms with van der Waals surface area (Å²) in [7, 11) is 0. The van der Waals surface area contributed by atoms with Crippen molar-refractivity contribution >= 4 is 11.5 Å². The molecule has 0 saturated carbocycles. The van der Waals surface area contributed by atoms with Gasteiger partial charge >= 0.3 is 0 Å². The van der Waals surface area contributed by atoms with Gasteiger partial charge in [-0.2, -0.15) is 0 Å². The SMILES string of the molecule is NC1CCN2Cc3ccccc3N=C12. The molecule has 0 aliphatic carbocycles. The van der Waals surface area contributed by atoms with Crippen LogP contribution < -0.4 is 5.73 Å². The molecule has 1 saturated heterocycles. The Balaban J connectivity index is 2.09. The number of para-hydroxylation sites is 1. The number of amidine groups is 1. The summed E-state index contributed by atoms with van der Waals surface area (Å²) in [5, 5.41) is 0. The molecule has 3 heteroatoms. The third kappa shape index (κ3) is 1.06. The number of benzene rings is 1. The molecule has 1 unspecified atom stereocenters. The molecule has 1 fully saturated rings. The Hall–Kier alpha value is -1.35. The fourth-order valence-corrected chi connectivity index (χ4v) is 2.17. The van der Waals surface area contributed by atoms with Crippen LogP contribution in [0.2, 0.25) is 0 Å². The summed E-state index contributed by atoms with van der Waals surface area (Å²) < 4.78 is 0. The van der Waals surface area contributed by atoms with Crippen LogP contribution in [0.1, 0.15) is 12.0 Å². The van der Waals surface area contributed by atoms with Gasteiger partial charge in [0.25, 0.3) is 0 Å². The quantitative estimate of drug-likeness (QED) is 0.664. The molecule has 2 heterocycles. The van der Waals surface area contributed by atoms with Crippen LogP contribution >= 0.6 is 0 Å². The maximum Gasteiger partial charge on any atom is 0.122 e. The lowest BCUT2D eigenvalue weighted by Crippen LogP contribution is -2.35. The fraction of sp³-hybridized carbons (Fsp3) is 0.364. The minimum absolute atomic E-state index is 0.142. The molecule has 0 amide bonds. The third-order valence-corrected chi connectivity index (χ3v) is 2.95. The second-order valence-corrected chi connectivity index (χ2v) is 3.92. The average molecular weight is 187 g/mol. The standard InChI is InChI=1S/C11H13N3/c12-9-5-6-14-7-8-3-1-2-4-10(8)13-11(9)14/h1-4,9H,5-7,12H2. The number of rotatable bonds is 0.